The largest absolute Gasteiger partial charge is 0.481 e. The van der Waals surface area contributed by atoms with Crippen molar-refractivity contribution in [1.82, 2.24) is 0 Å². The first-order valence-corrected chi connectivity index (χ1v) is 11.8. The summed E-state index contributed by atoms with van der Waals surface area (Å²) < 4.78 is 32.6. The fraction of sp³-hybridized carbons (Fsp3) is 0.320. The van der Waals surface area contributed by atoms with Gasteiger partial charge in [0.2, 0.25) is 0 Å². The van der Waals surface area contributed by atoms with Crippen LogP contribution in [0.25, 0.3) is 0 Å². The molecule has 0 fully saturated rings. The van der Waals surface area contributed by atoms with E-state index in [0.717, 1.165) is 0 Å². The molecule has 2 aromatic carbocycles. The lowest BCUT2D eigenvalue weighted by Crippen LogP contribution is -2.36. The van der Waals surface area contributed by atoms with Crippen LogP contribution >= 0.6 is 15.9 Å². The van der Waals surface area contributed by atoms with Gasteiger partial charge < -0.3 is 28.4 Å². The summed E-state index contributed by atoms with van der Waals surface area (Å²) in [4.78, 5) is 57.7. The van der Waals surface area contributed by atoms with Crippen LogP contribution in [0, 0.1) is 0 Å². The molecule has 0 unspecified atom stereocenters. The zero-order chi connectivity index (χ0) is 27.4. The molecule has 1 heterocycles. The molecule has 3 rings (SSSR count). The maximum absolute atomic E-state index is 12.0. The van der Waals surface area contributed by atoms with Gasteiger partial charge in [0.25, 0.3) is 0 Å². The lowest BCUT2D eigenvalue weighted by molar-refractivity contribution is -0.152. The number of hydrogen-bond acceptors (Lipinski definition) is 11. The van der Waals surface area contributed by atoms with Crippen LogP contribution in [0.3, 0.4) is 0 Å². The van der Waals surface area contributed by atoms with E-state index < -0.39 is 46.9 Å². The number of halogens is 1. The first-order chi connectivity index (χ1) is 17.3. The molecule has 0 bridgehead atoms. The number of ether oxygens (including phenoxy) is 6. The van der Waals surface area contributed by atoms with E-state index in [-0.39, 0.29) is 28.7 Å². The number of carbonyl (C=O) groups excluding carboxylic acids is 5. The average Bonchev–Trinajstić information content (AvgIpc) is 2.74. The summed E-state index contributed by atoms with van der Waals surface area (Å²) in [7, 11) is 0. The van der Waals surface area contributed by atoms with Gasteiger partial charge in [-0.05, 0) is 12.1 Å². The van der Waals surface area contributed by atoms with Gasteiger partial charge in [0.15, 0.2) is 23.7 Å². The Morgan fingerprint density at radius 2 is 1.27 bits per heavy atom. The second-order valence-corrected chi connectivity index (χ2v) is 8.91. The Labute approximate surface area is 220 Å². The van der Waals surface area contributed by atoms with Crippen molar-refractivity contribution in [3.8, 4) is 28.7 Å². The highest BCUT2D eigenvalue weighted by atomic mass is 79.9. The molecule has 0 spiro atoms. The highest BCUT2D eigenvalue weighted by Gasteiger charge is 2.43. The molecule has 0 aromatic heterocycles. The number of hydrogen-bond donors (Lipinski definition) is 0. The summed E-state index contributed by atoms with van der Waals surface area (Å²) in [6.07, 6.45) is -1.98. The van der Waals surface area contributed by atoms with E-state index >= 15 is 0 Å². The van der Waals surface area contributed by atoms with Crippen molar-refractivity contribution < 1.29 is 52.4 Å². The average molecular weight is 579 g/mol. The van der Waals surface area contributed by atoms with E-state index in [1.165, 1.54) is 58.9 Å². The van der Waals surface area contributed by atoms with Crippen molar-refractivity contribution in [1.29, 1.82) is 0 Å². The zero-order valence-corrected chi connectivity index (χ0v) is 22.1. The van der Waals surface area contributed by atoms with Crippen molar-refractivity contribution in [2.75, 3.05) is 0 Å². The number of alkyl halides is 1. The van der Waals surface area contributed by atoms with Gasteiger partial charge in [-0.25, -0.2) is 0 Å². The van der Waals surface area contributed by atoms with E-state index in [4.69, 9.17) is 28.4 Å². The van der Waals surface area contributed by atoms with Crippen molar-refractivity contribution in [2.45, 2.75) is 51.7 Å². The molecule has 37 heavy (non-hydrogen) atoms. The Balaban J connectivity index is 2.17. The first kappa shape index (κ1) is 27.7. The van der Waals surface area contributed by atoms with Gasteiger partial charge in [-0.15, -0.1) is 0 Å². The van der Waals surface area contributed by atoms with Gasteiger partial charge in [0.05, 0.1) is 10.4 Å². The fourth-order valence-electron chi connectivity index (χ4n) is 3.68. The molecule has 0 saturated carbocycles. The van der Waals surface area contributed by atoms with Crippen LogP contribution in [0.2, 0.25) is 0 Å². The van der Waals surface area contributed by atoms with Gasteiger partial charge in [0, 0.05) is 52.3 Å². The summed E-state index contributed by atoms with van der Waals surface area (Å²) in [5.74, 6) is -2.96. The highest BCUT2D eigenvalue weighted by molar-refractivity contribution is 9.09. The maximum atomic E-state index is 12.0. The molecule has 12 heteroatoms. The van der Waals surface area contributed by atoms with Crippen molar-refractivity contribution in [3.05, 3.63) is 41.5 Å². The minimum Gasteiger partial charge on any atom is -0.481 e. The topological polar surface area (TPSA) is 141 Å². The lowest BCUT2D eigenvalue weighted by atomic mass is 9.93. The Kier molecular flexibility index (Phi) is 8.53. The molecular formula is C25H23BrO11. The summed E-state index contributed by atoms with van der Waals surface area (Å²) in [5.41, 5.74) is 0.728. The number of rotatable bonds is 6. The molecule has 2 aromatic rings. The van der Waals surface area contributed by atoms with Crippen molar-refractivity contribution >= 4 is 45.8 Å². The molecule has 0 radical (unpaired) electrons. The summed E-state index contributed by atoms with van der Waals surface area (Å²) in [6.45, 7) is 6.00. The molecule has 0 aliphatic carbocycles. The van der Waals surface area contributed by atoms with Crippen molar-refractivity contribution in [2.24, 2.45) is 0 Å². The molecule has 11 nitrogen and oxygen atoms in total. The van der Waals surface area contributed by atoms with Gasteiger partial charge in [0.1, 0.15) is 17.2 Å². The van der Waals surface area contributed by atoms with Crippen LogP contribution in [0.5, 0.6) is 28.7 Å². The fourth-order valence-corrected chi connectivity index (χ4v) is 4.51. The molecule has 3 atom stereocenters. The summed E-state index contributed by atoms with van der Waals surface area (Å²) in [6, 6.07) is 7.13. The molecule has 196 valence electrons. The van der Waals surface area contributed by atoms with Gasteiger partial charge in [-0.2, -0.15) is 0 Å². The Hall–Kier alpha value is -3.93. The van der Waals surface area contributed by atoms with Crippen LogP contribution in [-0.4, -0.2) is 36.0 Å². The third-order valence-corrected chi connectivity index (χ3v) is 5.79. The van der Waals surface area contributed by atoms with E-state index in [1.807, 2.05) is 0 Å². The quantitative estimate of drug-likeness (QED) is 0.280. The van der Waals surface area contributed by atoms with Crippen LogP contribution in [-0.2, 0) is 28.7 Å². The second-order valence-electron chi connectivity index (χ2n) is 7.93. The molecule has 0 N–H and O–H groups in total. The Morgan fingerprint density at radius 3 is 1.84 bits per heavy atom. The zero-order valence-electron chi connectivity index (χ0n) is 20.5. The van der Waals surface area contributed by atoms with Crippen LogP contribution in [0.4, 0.5) is 0 Å². The van der Waals surface area contributed by atoms with Gasteiger partial charge in [-0.1, -0.05) is 22.0 Å². The Morgan fingerprint density at radius 1 is 0.703 bits per heavy atom. The first-order valence-electron chi connectivity index (χ1n) is 10.9. The SMILES string of the molecule is CC(=O)Oc1cc(OC(C)=O)c2c(c1)O[C@H](c1ccc(OC(C)=O)c(OC(C)=O)c1)[C@H](OC(C)=O)[C@H]2Br. The van der Waals surface area contributed by atoms with Gasteiger partial charge >= 0.3 is 29.8 Å². The third kappa shape index (κ3) is 6.85. The molecule has 1 aliphatic rings. The normalized spacial score (nSPS) is 17.9. The Bertz CT molecular complexity index is 1270. The van der Waals surface area contributed by atoms with Gasteiger partial charge in [-0.3, -0.25) is 24.0 Å². The predicted octanol–water partition coefficient (Wildman–Crippen LogP) is 3.89. The molecule has 1 aliphatic heterocycles. The second kappa shape index (κ2) is 11.4. The van der Waals surface area contributed by atoms with Crippen LogP contribution < -0.4 is 23.7 Å². The molecular weight excluding hydrogens is 556 g/mol. The number of esters is 5. The third-order valence-electron chi connectivity index (χ3n) is 4.82. The van der Waals surface area contributed by atoms with Crippen LogP contribution in [0.15, 0.2) is 30.3 Å². The summed E-state index contributed by atoms with van der Waals surface area (Å²) in [5, 5.41) is 0. The number of benzene rings is 2. The van der Waals surface area contributed by atoms with Crippen LogP contribution in [0.1, 0.15) is 56.7 Å². The van der Waals surface area contributed by atoms with E-state index in [9.17, 15) is 24.0 Å². The summed E-state index contributed by atoms with van der Waals surface area (Å²) >= 11 is 3.53. The van der Waals surface area contributed by atoms with E-state index in [0.29, 0.717) is 11.1 Å². The minimum absolute atomic E-state index is 0.00335. The predicted molar refractivity (Wildman–Crippen MR) is 129 cm³/mol. The molecule has 0 amide bonds. The maximum Gasteiger partial charge on any atom is 0.308 e. The highest BCUT2D eigenvalue weighted by Crippen LogP contribution is 2.52. The van der Waals surface area contributed by atoms with E-state index in [2.05, 4.69) is 15.9 Å². The van der Waals surface area contributed by atoms with Crippen molar-refractivity contribution in [3.63, 3.8) is 0 Å². The van der Waals surface area contributed by atoms with E-state index in [1.54, 1.807) is 6.07 Å². The number of fused-ring (bicyclic) bond motifs is 1. The smallest absolute Gasteiger partial charge is 0.308 e. The molecule has 0 saturated heterocycles. The monoisotopic (exact) mass is 578 g/mol. The minimum atomic E-state index is -0.997. The number of carbonyl (C=O) groups is 5. The standard InChI is InChI=1S/C25H23BrO11/c1-11(27)32-17-9-20(35-14(4)30)22-21(10-17)37-24(25(23(22)26)36-15(5)31)16-6-7-18(33-12(2)28)19(8-16)34-13(3)29/h6-10,23-25H,1-5H3/t23-,24+,25+/m0/s1. The lowest BCUT2D eigenvalue weighted by Gasteiger charge is -2.37.